The van der Waals surface area contributed by atoms with Crippen LogP contribution < -0.4 is 10.7 Å². The lowest BCUT2D eigenvalue weighted by atomic mass is 9.90. The van der Waals surface area contributed by atoms with Crippen LogP contribution in [0.15, 0.2) is 60.2 Å². The molecule has 2 N–H and O–H groups in total. The molecular formula is C21H21N3O2. The number of aryl methyl sites for hydroxylation is 1. The Morgan fingerprint density at radius 1 is 1.00 bits per heavy atom. The molecule has 5 nitrogen and oxygen atoms in total. The molecule has 0 aliphatic carbocycles. The van der Waals surface area contributed by atoms with E-state index in [-0.39, 0.29) is 35.5 Å². The fourth-order valence-corrected chi connectivity index (χ4v) is 3.70. The van der Waals surface area contributed by atoms with Gasteiger partial charge in [0.2, 0.25) is 0 Å². The fraction of sp³-hybridized carbons (Fsp3) is 0.238. The van der Waals surface area contributed by atoms with Gasteiger partial charge in [-0.2, -0.15) is 0 Å². The number of rotatable bonds is 2. The molecule has 2 aliphatic heterocycles. The van der Waals surface area contributed by atoms with Crippen LogP contribution in [0.2, 0.25) is 0 Å². The van der Waals surface area contributed by atoms with Gasteiger partial charge in [0.15, 0.2) is 0 Å². The molecular weight excluding hydrogens is 326 g/mol. The number of hydrogen-bond acceptors (Lipinski definition) is 3. The molecule has 0 radical (unpaired) electrons. The number of carbonyl (C=O) groups is 2. The Kier molecular flexibility index (Phi) is 4.09. The van der Waals surface area contributed by atoms with Crippen LogP contribution in [-0.2, 0) is 9.59 Å². The Labute approximate surface area is 152 Å². The molecule has 0 saturated carbocycles. The highest BCUT2D eigenvalue weighted by Crippen LogP contribution is 2.33. The largest absolute Gasteiger partial charge is 0.330 e. The molecule has 2 amide bonds. The topological polar surface area (TPSA) is 61.4 Å². The minimum absolute atomic E-state index is 0.00465. The number of nitrogens with zero attached hydrogens (tertiary/aromatic N) is 1. The summed E-state index contributed by atoms with van der Waals surface area (Å²) in [4.78, 5) is 25.6. The van der Waals surface area contributed by atoms with E-state index in [0.29, 0.717) is 0 Å². The number of amides is 2. The quantitative estimate of drug-likeness (QED) is 0.648. The first-order valence-corrected chi connectivity index (χ1v) is 8.78. The summed E-state index contributed by atoms with van der Waals surface area (Å²) in [7, 11) is 0. The number of fused-ring (bicyclic) bond motifs is 1. The van der Waals surface area contributed by atoms with Gasteiger partial charge in [0.25, 0.3) is 11.8 Å². The SMILES string of the molecule is Cc1ccc(/C=C2\C(=O)NC3C(c4ccccc4)C(C)NN3C2=O)cc1. The van der Waals surface area contributed by atoms with Crippen molar-refractivity contribution >= 4 is 17.9 Å². The summed E-state index contributed by atoms with van der Waals surface area (Å²) in [5.41, 5.74) is 6.44. The van der Waals surface area contributed by atoms with Gasteiger partial charge >= 0.3 is 0 Å². The number of nitrogens with one attached hydrogen (secondary N) is 2. The van der Waals surface area contributed by atoms with Crippen molar-refractivity contribution < 1.29 is 9.59 Å². The molecule has 2 aromatic carbocycles. The van der Waals surface area contributed by atoms with E-state index in [0.717, 1.165) is 16.7 Å². The average molecular weight is 347 g/mol. The van der Waals surface area contributed by atoms with Gasteiger partial charge in [0.1, 0.15) is 11.7 Å². The van der Waals surface area contributed by atoms with E-state index < -0.39 is 0 Å². The van der Waals surface area contributed by atoms with Crippen LogP contribution in [0.5, 0.6) is 0 Å². The van der Waals surface area contributed by atoms with Gasteiger partial charge in [-0.3, -0.25) is 14.6 Å². The van der Waals surface area contributed by atoms with Gasteiger partial charge in [0.05, 0.1) is 0 Å². The van der Waals surface area contributed by atoms with E-state index in [1.165, 1.54) is 0 Å². The van der Waals surface area contributed by atoms with E-state index in [2.05, 4.69) is 10.7 Å². The molecule has 5 heteroatoms. The monoisotopic (exact) mass is 347 g/mol. The lowest BCUT2D eigenvalue weighted by Gasteiger charge is -2.33. The summed E-state index contributed by atoms with van der Waals surface area (Å²) in [6.45, 7) is 4.03. The third-order valence-corrected chi connectivity index (χ3v) is 5.05. The summed E-state index contributed by atoms with van der Waals surface area (Å²) < 4.78 is 0. The van der Waals surface area contributed by atoms with Crippen molar-refractivity contribution in [2.24, 2.45) is 0 Å². The normalized spacial score (nSPS) is 26.8. The van der Waals surface area contributed by atoms with Crippen molar-refractivity contribution in [3.8, 4) is 0 Å². The maximum atomic E-state index is 12.9. The lowest BCUT2D eigenvalue weighted by Crippen LogP contribution is -2.58. The van der Waals surface area contributed by atoms with Crippen LogP contribution in [0.3, 0.4) is 0 Å². The summed E-state index contributed by atoms with van der Waals surface area (Å²) >= 11 is 0. The van der Waals surface area contributed by atoms with Gasteiger partial charge < -0.3 is 5.32 Å². The van der Waals surface area contributed by atoms with Crippen LogP contribution in [0, 0.1) is 6.92 Å². The smallest absolute Gasteiger partial charge is 0.275 e. The second-order valence-corrected chi connectivity index (χ2v) is 6.92. The minimum Gasteiger partial charge on any atom is -0.330 e. The second kappa shape index (κ2) is 6.42. The van der Waals surface area contributed by atoms with Crippen LogP contribution in [0.25, 0.3) is 6.08 Å². The van der Waals surface area contributed by atoms with E-state index in [1.807, 2.05) is 68.4 Å². The standard InChI is InChI=1S/C21H21N3O2/c1-13-8-10-15(11-9-13)12-17-20(25)22-19-18(16-6-4-3-5-7-16)14(2)23-24(19)21(17)26/h3-12,14,18-19,23H,1-2H3,(H,22,25)/b17-12+. The molecule has 2 saturated heterocycles. The number of benzene rings is 2. The Balaban J connectivity index is 1.65. The third kappa shape index (κ3) is 2.80. The maximum Gasteiger partial charge on any atom is 0.275 e. The van der Waals surface area contributed by atoms with Crippen LogP contribution >= 0.6 is 0 Å². The van der Waals surface area contributed by atoms with Gasteiger partial charge in [0, 0.05) is 12.0 Å². The minimum atomic E-state index is -0.387. The zero-order valence-corrected chi connectivity index (χ0v) is 14.8. The predicted molar refractivity (Wildman–Crippen MR) is 99.7 cm³/mol. The lowest BCUT2D eigenvalue weighted by molar-refractivity contribution is -0.139. The van der Waals surface area contributed by atoms with Gasteiger partial charge in [-0.05, 0) is 31.1 Å². The van der Waals surface area contributed by atoms with E-state index >= 15 is 0 Å². The molecule has 3 unspecified atom stereocenters. The summed E-state index contributed by atoms with van der Waals surface area (Å²) in [5.74, 6) is -0.608. The van der Waals surface area contributed by atoms with Crippen molar-refractivity contribution in [3.63, 3.8) is 0 Å². The third-order valence-electron chi connectivity index (χ3n) is 5.05. The van der Waals surface area contributed by atoms with Crippen molar-refractivity contribution in [2.75, 3.05) is 0 Å². The Morgan fingerprint density at radius 3 is 2.38 bits per heavy atom. The van der Waals surface area contributed by atoms with Gasteiger partial charge in [-0.25, -0.2) is 5.43 Å². The second-order valence-electron chi connectivity index (χ2n) is 6.92. The summed E-state index contributed by atoms with van der Waals surface area (Å²) in [6, 6.07) is 17.7. The highest BCUT2D eigenvalue weighted by Gasteiger charge is 2.48. The number of hydrogen-bond donors (Lipinski definition) is 2. The van der Waals surface area contributed by atoms with E-state index in [4.69, 9.17) is 0 Å². The van der Waals surface area contributed by atoms with Crippen molar-refractivity contribution in [3.05, 3.63) is 76.9 Å². The Bertz CT molecular complexity index is 874. The predicted octanol–water partition coefficient (Wildman–Crippen LogP) is 2.35. The molecule has 2 fully saturated rings. The summed E-state index contributed by atoms with van der Waals surface area (Å²) in [6.07, 6.45) is 1.26. The first-order chi connectivity index (χ1) is 12.5. The average Bonchev–Trinajstić information content (AvgIpc) is 2.97. The molecule has 4 rings (SSSR count). The van der Waals surface area contributed by atoms with Crippen molar-refractivity contribution in [1.82, 2.24) is 15.8 Å². The van der Waals surface area contributed by atoms with Gasteiger partial charge in [-0.15, -0.1) is 0 Å². The van der Waals surface area contributed by atoms with Crippen LogP contribution in [-0.4, -0.2) is 29.0 Å². The molecule has 2 aliphatic rings. The molecule has 132 valence electrons. The highest BCUT2D eigenvalue weighted by molar-refractivity contribution is 6.23. The number of hydrazine groups is 1. The summed E-state index contributed by atoms with van der Waals surface area (Å²) in [5, 5.41) is 4.56. The maximum absolute atomic E-state index is 12.9. The zero-order chi connectivity index (χ0) is 18.3. The molecule has 0 aromatic heterocycles. The Morgan fingerprint density at radius 2 is 1.69 bits per heavy atom. The van der Waals surface area contributed by atoms with Crippen molar-refractivity contribution in [2.45, 2.75) is 32.0 Å². The first kappa shape index (κ1) is 16.5. The van der Waals surface area contributed by atoms with Crippen molar-refractivity contribution in [1.29, 1.82) is 0 Å². The Hall–Kier alpha value is -2.92. The van der Waals surface area contributed by atoms with E-state index in [9.17, 15) is 9.59 Å². The molecule has 0 spiro atoms. The van der Waals surface area contributed by atoms with Crippen LogP contribution in [0.4, 0.5) is 0 Å². The molecule has 26 heavy (non-hydrogen) atoms. The molecule has 2 aromatic rings. The van der Waals surface area contributed by atoms with Gasteiger partial charge in [-0.1, -0.05) is 60.2 Å². The van der Waals surface area contributed by atoms with Crippen LogP contribution in [0.1, 0.15) is 29.5 Å². The fourth-order valence-electron chi connectivity index (χ4n) is 3.70. The molecule has 0 bridgehead atoms. The van der Waals surface area contributed by atoms with E-state index in [1.54, 1.807) is 11.1 Å². The highest BCUT2D eigenvalue weighted by atomic mass is 16.2. The zero-order valence-electron chi connectivity index (χ0n) is 14.8. The molecule has 3 atom stereocenters. The molecule has 2 heterocycles. The first-order valence-electron chi connectivity index (χ1n) is 8.78. The number of carbonyl (C=O) groups excluding carboxylic acids is 2.